The number of aromatic nitrogens is 1. The number of para-hydroxylation sites is 1. The molecule has 2 heterocycles. The highest BCUT2D eigenvalue weighted by molar-refractivity contribution is 8.26. The average molecular weight is 484 g/mol. The molecule has 1 aliphatic rings. The first-order valence-corrected chi connectivity index (χ1v) is 12.0. The van der Waals surface area contributed by atoms with Crippen molar-refractivity contribution in [2.45, 2.75) is 13.5 Å². The molecule has 5 nitrogen and oxygen atoms in total. The number of benzene rings is 3. The van der Waals surface area contributed by atoms with Crippen molar-refractivity contribution in [3.63, 3.8) is 0 Å². The fourth-order valence-corrected chi connectivity index (χ4v) is 5.04. The van der Waals surface area contributed by atoms with Crippen LogP contribution in [0.25, 0.3) is 17.0 Å². The lowest BCUT2D eigenvalue weighted by atomic mass is 10.1. The van der Waals surface area contributed by atoms with Gasteiger partial charge in [-0.3, -0.25) is 15.0 Å². The predicted molar refractivity (Wildman–Crippen MR) is 141 cm³/mol. The van der Waals surface area contributed by atoms with Crippen molar-refractivity contribution in [1.82, 2.24) is 15.0 Å². The fraction of sp³-hybridized carbons (Fsp3) is 0.0741. The highest BCUT2D eigenvalue weighted by Crippen LogP contribution is 2.33. The van der Waals surface area contributed by atoms with Crippen molar-refractivity contribution in [3.05, 3.63) is 112 Å². The van der Waals surface area contributed by atoms with E-state index < -0.39 is 0 Å². The Bertz CT molecular complexity index is 1440. The normalized spacial score (nSPS) is 14.9. The van der Waals surface area contributed by atoms with Crippen molar-refractivity contribution in [1.29, 1.82) is 0 Å². The summed E-state index contributed by atoms with van der Waals surface area (Å²) < 4.78 is 2.48. The zero-order chi connectivity index (χ0) is 23.7. The largest absolute Gasteiger partial charge is 0.342 e. The van der Waals surface area contributed by atoms with Gasteiger partial charge in [0.05, 0.1) is 4.91 Å². The Labute approximate surface area is 207 Å². The molecule has 4 aromatic rings. The van der Waals surface area contributed by atoms with Crippen LogP contribution in [0.5, 0.6) is 0 Å². The molecule has 1 aromatic heterocycles. The van der Waals surface area contributed by atoms with E-state index in [0.29, 0.717) is 14.8 Å². The maximum Gasteiger partial charge on any atom is 0.285 e. The van der Waals surface area contributed by atoms with Crippen molar-refractivity contribution in [2.24, 2.45) is 0 Å². The molecule has 168 valence electrons. The van der Waals surface area contributed by atoms with Crippen LogP contribution in [0.4, 0.5) is 0 Å². The number of fused-ring (bicyclic) bond motifs is 1. The number of thioether (sulfide) groups is 1. The van der Waals surface area contributed by atoms with Gasteiger partial charge in [-0.2, -0.15) is 5.01 Å². The average Bonchev–Trinajstić information content (AvgIpc) is 3.33. The molecule has 0 spiro atoms. The molecule has 1 fully saturated rings. The maximum atomic E-state index is 13.1. The summed E-state index contributed by atoms with van der Waals surface area (Å²) in [6.07, 6.45) is 3.90. The number of nitrogens with zero attached hydrogens (tertiary/aromatic N) is 2. The Morgan fingerprint density at radius 3 is 2.47 bits per heavy atom. The Morgan fingerprint density at radius 2 is 1.71 bits per heavy atom. The van der Waals surface area contributed by atoms with Crippen LogP contribution < -0.4 is 5.43 Å². The third-order valence-electron chi connectivity index (χ3n) is 5.62. The summed E-state index contributed by atoms with van der Waals surface area (Å²) in [4.78, 5) is 26.1. The number of carbonyl (C=O) groups excluding carboxylic acids is 2. The highest BCUT2D eigenvalue weighted by Gasteiger charge is 2.34. The number of carbonyl (C=O) groups is 2. The van der Waals surface area contributed by atoms with Gasteiger partial charge in [-0.15, -0.1) is 0 Å². The number of hydrazine groups is 1. The van der Waals surface area contributed by atoms with E-state index in [1.54, 1.807) is 24.3 Å². The second-order valence-electron chi connectivity index (χ2n) is 8.04. The molecule has 2 amide bonds. The molecule has 7 heteroatoms. The smallest absolute Gasteiger partial charge is 0.285 e. The summed E-state index contributed by atoms with van der Waals surface area (Å²) in [6.45, 7) is 2.80. The van der Waals surface area contributed by atoms with E-state index in [1.807, 2.05) is 30.3 Å². The lowest BCUT2D eigenvalue weighted by Gasteiger charge is -2.15. The SMILES string of the molecule is Cc1ccc(Cn2cc(/C=C3\SC(=S)N(NC(=O)c4ccccc4)C3=O)c3ccccc32)cc1. The Morgan fingerprint density at radius 1 is 1.00 bits per heavy atom. The standard InChI is InChI=1S/C27H21N3O2S2/c1-18-11-13-19(14-12-18)16-29-17-21(22-9-5-6-10-23(22)29)15-24-26(32)30(27(33)34-24)28-25(31)20-7-3-2-4-8-20/h2-15,17H,16H2,1H3,(H,28,31)/b24-15-. The number of amides is 2. The first-order chi connectivity index (χ1) is 16.5. The van der Waals surface area contributed by atoms with Gasteiger partial charge in [0.1, 0.15) is 0 Å². The molecular formula is C27H21N3O2S2. The lowest BCUT2D eigenvalue weighted by molar-refractivity contribution is -0.123. The van der Waals surface area contributed by atoms with Gasteiger partial charge in [0.2, 0.25) is 0 Å². The first kappa shape index (κ1) is 22.1. The van der Waals surface area contributed by atoms with E-state index >= 15 is 0 Å². The maximum absolute atomic E-state index is 13.1. The van der Waals surface area contributed by atoms with Gasteiger partial charge < -0.3 is 4.57 Å². The topological polar surface area (TPSA) is 54.3 Å². The second-order valence-corrected chi connectivity index (χ2v) is 9.71. The van der Waals surface area contributed by atoms with Crippen molar-refractivity contribution < 1.29 is 9.59 Å². The Kier molecular flexibility index (Phi) is 6.04. The van der Waals surface area contributed by atoms with E-state index in [0.717, 1.165) is 28.0 Å². The zero-order valence-electron chi connectivity index (χ0n) is 18.4. The molecular weight excluding hydrogens is 462 g/mol. The molecule has 34 heavy (non-hydrogen) atoms. The molecule has 5 rings (SSSR count). The van der Waals surface area contributed by atoms with E-state index in [4.69, 9.17) is 12.2 Å². The summed E-state index contributed by atoms with van der Waals surface area (Å²) in [5, 5.41) is 2.19. The second kappa shape index (κ2) is 9.29. The molecule has 0 bridgehead atoms. The minimum atomic E-state index is -0.382. The van der Waals surface area contributed by atoms with Gasteiger partial charge in [-0.05, 0) is 49.0 Å². The Balaban J connectivity index is 1.43. The lowest BCUT2D eigenvalue weighted by Crippen LogP contribution is -2.44. The van der Waals surface area contributed by atoms with Crippen LogP contribution in [0.2, 0.25) is 0 Å². The van der Waals surface area contributed by atoms with Gasteiger partial charge in [-0.1, -0.05) is 78.0 Å². The van der Waals surface area contributed by atoms with E-state index in [9.17, 15) is 9.59 Å². The number of nitrogens with one attached hydrogen (secondary N) is 1. The van der Waals surface area contributed by atoms with Crippen LogP contribution in [-0.2, 0) is 11.3 Å². The van der Waals surface area contributed by atoms with Crippen LogP contribution >= 0.6 is 24.0 Å². The van der Waals surface area contributed by atoms with Crippen LogP contribution in [-0.4, -0.2) is 25.7 Å². The molecule has 0 atom stereocenters. The number of aryl methyl sites for hydroxylation is 1. The third kappa shape index (κ3) is 4.40. The summed E-state index contributed by atoms with van der Waals surface area (Å²) in [6, 6.07) is 25.3. The van der Waals surface area contributed by atoms with E-state index in [1.165, 1.54) is 22.9 Å². The monoisotopic (exact) mass is 483 g/mol. The molecule has 3 aromatic carbocycles. The number of hydrogen-bond donors (Lipinski definition) is 1. The van der Waals surface area contributed by atoms with Crippen LogP contribution in [0, 0.1) is 6.92 Å². The first-order valence-electron chi connectivity index (χ1n) is 10.8. The summed E-state index contributed by atoms with van der Waals surface area (Å²) in [5.41, 5.74) is 7.53. The molecule has 0 radical (unpaired) electrons. The summed E-state index contributed by atoms with van der Waals surface area (Å²) >= 11 is 6.57. The Hall–Kier alpha value is -3.68. The van der Waals surface area contributed by atoms with Crippen LogP contribution in [0.3, 0.4) is 0 Å². The number of hydrogen-bond acceptors (Lipinski definition) is 4. The number of thiocarbonyl (C=S) groups is 1. The highest BCUT2D eigenvalue weighted by atomic mass is 32.2. The predicted octanol–water partition coefficient (Wildman–Crippen LogP) is 5.54. The minimum absolute atomic E-state index is 0.295. The van der Waals surface area contributed by atoms with Gasteiger partial charge in [-0.25, -0.2) is 0 Å². The zero-order valence-corrected chi connectivity index (χ0v) is 20.0. The van der Waals surface area contributed by atoms with E-state index in [-0.39, 0.29) is 11.8 Å². The van der Waals surface area contributed by atoms with E-state index in [2.05, 4.69) is 53.4 Å². The van der Waals surface area contributed by atoms with Crippen molar-refractivity contribution in [3.8, 4) is 0 Å². The van der Waals surface area contributed by atoms with Gasteiger partial charge in [0, 0.05) is 34.8 Å². The summed E-state index contributed by atoms with van der Waals surface area (Å²) in [5.74, 6) is -0.720. The van der Waals surface area contributed by atoms with Gasteiger partial charge in [0.15, 0.2) is 4.32 Å². The molecule has 0 saturated carbocycles. The van der Waals surface area contributed by atoms with Gasteiger partial charge >= 0.3 is 0 Å². The number of rotatable bonds is 5. The molecule has 1 saturated heterocycles. The van der Waals surface area contributed by atoms with Crippen LogP contribution in [0.15, 0.2) is 90.0 Å². The fourth-order valence-electron chi connectivity index (χ4n) is 3.87. The molecule has 0 aliphatic carbocycles. The van der Waals surface area contributed by atoms with Crippen LogP contribution in [0.1, 0.15) is 27.0 Å². The molecule has 1 N–H and O–H groups in total. The molecule has 0 unspecified atom stereocenters. The van der Waals surface area contributed by atoms with Crippen molar-refractivity contribution in [2.75, 3.05) is 0 Å². The molecule has 1 aliphatic heterocycles. The quantitative estimate of drug-likeness (QED) is 0.299. The summed E-state index contributed by atoms with van der Waals surface area (Å²) in [7, 11) is 0. The van der Waals surface area contributed by atoms with Crippen molar-refractivity contribution >= 4 is 57.1 Å². The minimum Gasteiger partial charge on any atom is -0.342 e. The van der Waals surface area contributed by atoms with Gasteiger partial charge in [0.25, 0.3) is 11.8 Å². The third-order valence-corrected chi connectivity index (χ3v) is 6.92.